The number of hydrogen-bond donors (Lipinski definition) is 1. The average Bonchev–Trinajstić information content (AvgIpc) is 2.76. The van der Waals surface area contributed by atoms with E-state index in [4.69, 9.17) is 54.4 Å². The summed E-state index contributed by atoms with van der Waals surface area (Å²) in [6.07, 6.45) is -1.51. The lowest BCUT2D eigenvalue weighted by Crippen LogP contribution is -2.22. The first-order chi connectivity index (χ1) is 14.5. The van der Waals surface area contributed by atoms with E-state index >= 15 is 0 Å². The fourth-order valence-corrected chi connectivity index (χ4v) is 3.44. The molecule has 8 heteroatoms. The monoisotopic (exact) mass is 465 g/mol. The van der Waals surface area contributed by atoms with E-state index in [2.05, 4.69) is 5.32 Å². The van der Waals surface area contributed by atoms with Gasteiger partial charge in [0.05, 0.1) is 20.8 Å². The van der Waals surface area contributed by atoms with Crippen molar-refractivity contribution in [3.63, 3.8) is 0 Å². The molecule has 1 heterocycles. The third-order valence-corrected chi connectivity index (χ3v) is 5.59. The minimum atomic E-state index is -0.779. The van der Waals surface area contributed by atoms with E-state index in [1.807, 2.05) is 55.5 Å². The van der Waals surface area contributed by atoms with E-state index < -0.39 is 12.6 Å². The van der Waals surface area contributed by atoms with Gasteiger partial charge < -0.3 is 5.32 Å². The van der Waals surface area contributed by atoms with Crippen LogP contribution in [-0.4, -0.2) is 0 Å². The third kappa shape index (κ3) is 5.07. The molecule has 1 aliphatic heterocycles. The van der Waals surface area contributed by atoms with Crippen LogP contribution in [0.3, 0.4) is 0 Å². The lowest BCUT2D eigenvalue weighted by Gasteiger charge is -2.27. The van der Waals surface area contributed by atoms with Crippen molar-refractivity contribution in [2.75, 3.05) is 5.32 Å². The maximum atomic E-state index is 6.19. The number of halogens is 3. The molecule has 3 aromatic rings. The molecule has 1 N–H and O–H groups in total. The van der Waals surface area contributed by atoms with E-state index in [0.717, 1.165) is 22.3 Å². The zero-order chi connectivity index (χ0) is 21.1. The molecule has 0 saturated carbocycles. The second kappa shape index (κ2) is 9.54. The molecule has 0 unspecified atom stereocenters. The molecule has 3 aromatic carbocycles. The Bertz CT molecular complexity index is 1000. The Morgan fingerprint density at radius 1 is 0.700 bits per heavy atom. The lowest BCUT2D eigenvalue weighted by atomic mass is 10.1. The van der Waals surface area contributed by atoms with Gasteiger partial charge in [-0.15, -0.1) is 0 Å². The Morgan fingerprint density at radius 2 is 1.20 bits per heavy atom. The van der Waals surface area contributed by atoms with E-state index in [1.54, 1.807) is 12.1 Å². The first-order valence-electron chi connectivity index (χ1n) is 9.17. The quantitative estimate of drug-likeness (QED) is 0.319. The topological polar surface area (TPSA) is 49.0 Å². The first-order valence-corrected chi connectivity index (χ1v) is 10.3. The normalized spacial score (nSPS) is 18.9. The highest BCUT2D eigenvalue weighted by Crippen LogP contribution is 2.34. The van der Waals surface area contributed by atoms with E-state index in [1.165, 1.54) is 0 Å². The maximum absolute atomic E-state index is 6.19. The summed E-state index contributed by atoms with van der Waals surface area (Å²) in [5.74, 6) is 0. The van der Waals surface area contributed by atoms with Crippen molar-refractivity contribution in [2.45, 2.75) is 26.0 Å². The standard InChI is InChI=1S/C22H18Cl3NO4/c1-13-2-6-15(7-3-13)21-27-29-22(30-28-21)16-8-4-14(5-9-16)12-26-20-11-18(24)17(23)10-19(20)25/h2-11,21-22,26H,12H2,1H3. The summed E-state index contributed by atoms with van der Waals surface area (Å²) in [5, 5.41) is 4.59. The Morgan fingerprint density at radius 3 is 1.77 bits per heavy atom. The smallest absolute Gasteiger partial charge is 0.249 e. The van der Waals surface area contributed by atoms with Crippen molar-refractivity contribution in [3.05, 3.63) is 98.0 Å². The molecule has 0 spiro atoms. The third-order valence-electron chi connectivity index (χ3n) is 4.56. The highest BCUT2D eigenvalue weighted by Gasteiger charge is 2.28. The van der Waals surface area contributed by atoms with Crippen LogP contribution >= 0.6 is 34.8 Å². The van der Waals surface area contributed by atoms with Crippen LogP contribution in [0.25, 0.3) is 0 Å². The molecule has 0 bridgehead atoms. The van der Waals surface area contributed by atoms with Crippen LogP contribution < -0.4 is 5.32 Å². The number of aryl methyl sites for hydroxylation is 1. The van der Waals surface area contributed by atoms with Gasteiger partial charge in [-0.3, -0.25) is 0 Å². The van der Waals surface area contributed by atoms with Gasteiger partial charge in [0.2, 0.25) is 12.6 Å². The van der Waals surface area contributed by atoms with Crippen LogP contribution in [0.2, 0.25) is 15.1 Å². The molecule has 1 saturated heterocycles. The van der Waals surface area contributed by atoms with Gasteiger partial charge in [-0.1, -0.05) is 88.9 Å². The molecular formula is C22H18Cl3NO4. The Labute approximate surface area is 189 Å². The molecule has 156 valence electrons. The Balaban J connectivity index is 1.33. The molecule has 4 rings (SSSR count). The number of hydrogen-bond acceptors (Lipinski definition) is 5. The number of benzene rings is 3. The zero-order valence-corrected chi connectivity index (χ0v) is 18.2. The molecule has 5 nitrogen and oxygen atoms in total. The van der Waals surface area contributed by atoms with Crippen molar-refractivity contribution < 1.29 is 19.6 Å². The lowest BCUT2D eigenvalue weighted by molar-refractivity contribution is -0.600. The Hall–Kier alpha value is -1.83. The van der Waals surface area contributed by atoms with E-state index in [-0.39, 0.29) is 0 Å². The van der Waals surface area contributed by atoms with Gasteiger partial charge >= 0.3 is 0 Å². The molecule has 0 atom stereocenters. The van der Waals surface area contributed by atoms with Crippen molar-refractivity contribution in [1.82, 2.24) is 0 Å². The van der Waals surface area contributed by atoms with Crippen LogP contribution in [0.15, 0.2) is 60.7 Å². The van der Waals surface area contributed by atoms with Crippen molar-refractivity contribution >= 4 is 40.5 Å². The minimum absolute atomic E-state index is 0.415. The van der Waals surface area contributed by atoms with Gasteiger partial charge in [-0.05, 0) is 24.6 Å². The van der Waals surface area contributed by atoms with E-state index in [9.17, 15) is 0 Å². The van der Waals surface area contributed by atoms with Gasteiger partial charge in [0.15, 0.2) is 0 Å². The van der Waals surface area contributed by atoms with E-state index in [0.29, 0.717) is 27.3 Å². The predicted octanol–water partition coefficient (Wildman–Crippen LogP) is 7.17. The summed E-state index contributed by atoms with van der Waals surface area (Å²) in [5.41, 5.74) is 4.44. The number of rotatable bonds is 5. The SMILES string of the molecule is Cc1ccc(C2OOC(c3ccc(CNc4cc(Cl)c(Cl)cc4Cl)cc3)OO2)cc1. The Kier molecular flexibility index (Phi) is 6.80. The van der Waals surface area contributed by atoms with Gasteiger partial charge in [0.1, 0.15) is 0 Å². The number of nitrogens with one attached hydrogen (secondary N) is 1. The molecule has 0 amide bonds. The molecular weight excluding hydrogens is 449 g/mol. The molecule has 1 fully saturated rings. The zero-order valence-electron chi connectivity index (χ0n) is 15.9. The second-order valence-corrected chi connectivity index (χ2v) is 8.02. The van der Waals surface area contributed by atoms with Gasteiger partial charge in [0.25, 0.3) is 0 Å². The van der Waals surface area contributed by atoms with Crippen LogP contribution in [0, 0.1) is 6.92 Å². The largest absolute Gasteiger partial charge is 0.380 e. The van der Waals surface area contributed by atoms with Gasteiger partial charge in [-0.2, -0.15) is 19.6 Å². The highest BCUT2D eigenvalue weighted by molar-refractivity contribution is 6.44. The number of anilines is 1. The first kappa shape index (κ1) is 21.4. The van der Waals surface area contributed by atoms with Crippen molar-refractivity contribution in [1.29, 1.82) is 0 Å². The molecule has 30 heavy (non-hydrogen) atoms. The summed E-state index contributed by atoms with van der Waals surface area (Å²) < 4.78 is 0. The molecule has 0 aliphatic carbocycles. The fraction of sp³-hybridized carbons (Fsp3) is 0.182. The van der Waals surface area contributed by atoms with Crippen LogP contribution in [0.5, 0.6) is 0 Å². The summed E-state index contributed by atoms with van der Waals surface area (Å²) >= 11 is 18.2. The second-order valence-electron chi connectivity index (χ2n) is 6.80. The molecule has 0 radical (unpaired) electrons. The summed E-state index contributed by atoms with van der Waals surface area (Å²) in [4.78, 5) is 21.4. The maximum Gasteiger partial charge on any atom is 0.249 e. The van der Waals surface area contributed by atoms with Crippen molar-refractivity contribution in [2.24, 2.45) is 0 Å². The molecule has 1 aliphatic rings. The van der Waals surface area contributed by atoms with Gasteiger partial charge in [-0.25, -0.2) is 0 Å². The minimum Gasteiger partial charge on any atom is -0.380 e. The molecule has 0 aromatic heterocycles. The highest BCUT2D eigenvalue weighted by atomic mass is 35.5. The van der Waals surface area contributed by atoms with Crippen LogP contribution in [0.4, 0.5) is 5.69 Å². The summed E-state index contributed by atoms with van der Waals surface area (Å²) in [6, 6.07) is 18.7. The van der Waals surface area contributed by atoms with Gasteiger partial charge in [0, 0.05) is 17.7 Å². The summed E-state index contributed by atoms with van der Waals surface area (Å²) in [7, 11) is 0. The predicted molar refractivity (Wildman–Crippen MR) is 116 cm³/mol. The van der Waals surface area contributed by atoms with Crippen molar-refractivity contribution in [3.8, 4) is 0 Å². The fourth-order valence-electron chi connectivity index (χ4n) is 2.83. The van der Waals surface area contributed by atoms with Crippen LogP contribution in [-0.2, 0) is 26.1 Å². The average molecular weight is 467 g/mol. The summed E-state index contributed by atoms with van der Waals surface area (Å²) in [6.45, 7) is 2.56. The van der Waals surface area contributed by atoms with Crippen LogP contribution in [0.1, 0.15) is 34.8 Å².